The van der Waals surface area contributed by atoms with E-state index in [1.165, 1.54) is 29.8 Å². The zero-order chi connectivity index (χ0) is 27.3. The molecule has 0 aliphatic carbocycles. The molecule has 0 saturated heterocycles. The lowest BCUT2D eigenvalue weighted by molar-refractivity contribution is -0.121. The molecule has 0 spiro atoms. The van der Waals surface area contributed by atoms with Gasteiger partial charge in [0.25, 0.3) is 5.91 Å². The number of carbonyl (C=O) groups is 2. The number of hydrogen-bond acceptors (Lipinski definition) is 2. The van der Waals surface area contributed by atoms with Gasteiger partial charge in [-0.3, -0.25) is 9.59 Å². The summed E-state index contributed by atoms with van der Waals surface area (Å²) in [6.07, 6.45) is 4.34. The van der Waals surface area contributed by atoms with E-state index in [4.69, 9.17) is 0 Å². The van der Waals surface area contributed by atoms with Crippen molar-refractivity contribution >= 4 is 11.8 Å². The molecule has 0 heterocycles. The average Bonchev–Trinajstić information content (AvgIpc) is 2.92. The zero-order valence-corrected chi connectivity index (χ0v) is 22.3. The van der Waals surface area contributed by atoms with Crippen molar-refractivity contribution < 1.29 is 18.4 Å². The highest BCUT2D eigenvalue weighted by molar-refractivity contribution is 5.94. The number of nitrogens with one attached hydrogen (secondary N) is 2. The molecule has 3 aromatic rings. The number of hydrogen-bond donors (Lipinski definition) is 2. The van der Waals surface area contributed by atoms with Crippen molar-refractivity contribution in [2.75, 3.05) is 13.1 Å². The summed E-state index contributed by atoms with van der Waals surface area (Å²) in [5, 5.41) is 5.88. The summed E-state index contributed by atoms with van der Waals surface area (Å²) in [7, 11) is 0. The molecule has 3 aromatic carbocycles. The molecule has 6 heteroatoms. The highest BCUT2D eigenvalue weighted by Gasteiger charge is 2.15. The third-order valence-electron chi connectivity index (χ3n) is 6.74. The molecule has 0 aromatic heterocycles. The summed E-state index contributed by atoms with van der Waals surface area (Å²) in [6, 6.07) is 20.5. The summed E-state index contributed by atoms with van der Waals surface area (Å²) in [4.78, 5) is 24.5. The van der Waals surface area contributed by atoms with E-state index in [1.54, 1.807) is 24.3 Å². The number of unbranched alkanes of at least 4 members (excludes halogenated alkanes) is 2. The number of benzene rings is 3. The first-order valence-corrected chi connectivity index (χ1v) is 13.5. The molecule has 2 amide bonds. The van der Waals surface area contributed by atoms with Crippen molar-refractivity contribution in [3.8, 4) is 0 Å². The van der Waals surface area contributed by atoms with Gasteiger partial charge in [-0.05, 0) is 84.7 Å². The minimum atomic E-state index is -0.290. The second-order valence-electron chi connectivity index (χ2n) is 9.99. The van der Waals surface area contributed by atoms with Gasteiger partial charge in [0.2, 0.25) is 5.91 Å². The van der Waals surface area contributed by atoms with Crippen molar-refractivity contribution in [1.82, 2.24) is 10.6 Å². The monoisotopic (exact) mass is 520 g/mol. The van der Waals surface area contributed by atoms with Crippen molar-refractivity contribution in [3.63, 3.8) is 0 Å². The van der Waals surface area contributed by atoms with Crippen LogP contribution in [0, 0.1) is 11.6 Å². The maximum atomic E-state index is 13.4. The molecule has 0 unspecified atom stereocenters. The van der Waals surface area contributed by atoms with E-state index in [9.17, 15) is 18.4 Å². The highest BCUT2D eigenvalue weighted by atomic mass is 19.1. The Bertz CT molecular complexity index is 1100. The molecule has 202 valence electrons. The fourth-order valence-electron chi connectivity index (χ4n) is 4.44. The van der Waals surface area contributed by atoms with E-state index in [0.29, 0.717) is 31.0 Å². The van der Waals surface area contributed by atoms with E-state index >= 15 is 0 Å². The summed E-state index contributed by atoms with van der Waals surface area (Å²) in [5.41, 5.74) is 3.81. The van der Waals surface area contributed by atoms with Crippen LogP contribution in [-0.2, 0) is 4.79 Å². The Labute approximate surface area is 224 Å². The molecule has 0 fully saturated rings. The summed E-state index contributed by atoms with van der Waals surface area (Å²) >= 11 is 0. The van der Waals surface area contributed by atoms with Crippen LogP contribution in [0.4, 0.5) is 8.78 Å². The first kappa shape index (κ1) is 29.0. The summed E-state index contributed by atoms with van der Waals surface area (Å²) in [5.74, 6) is -0.197. The third-order valence-corrected chi connectivity index (χ3v) is 6.74. The molecule has 0 aliphatic heterocycles. The van der Waals surface area contributed by atoms with Gasteiger partial charge >= 0.3 is 0 Å². The van der Waals surface area contributed by atoms with Crippen LogP contribution in [0.25, 0.3) is 0 Å². The second-order valence-corrected chi connectivity index (χ2v) is 9.99. The van der Waals surface area contributed by atoms with Crippen LogP contribution < -0.4 is 10.6 Å². The van der Waals surface area contributed by atoms with Gasteiger partial charge in [-0.15, -0.1) is 0 Å². The van der Waals surface area contributed by atoms with Crippen molar-refractivity contribution in [1.29, 1.82) is 0 Å². The van der Waals surface area contributed by atoms with Gasteiger partial charge in [-0.25, -0.2) is 8.78 Å². The van der Waals surface area contributed by atoms with E-state index in [-0.39, 0.29) is 29.4 Å². The second kappa shape index (κ2) is 15.0. The van der Waals surface area contributed by atoms with Gasteiger partial charge in [-0.1, -0.05) is 56.7 Å². The predicted octanol–water partition coefficient (Wildman–Crippen LogP) is 7.11. The van der Waals surface area contributed by atoms with Gasteiger partial charge in [0, 0.05) is 31.0 Å². The average molecular weight is 521 g/mol. The first-order valence-electron chi connectivity index (χ1n) is 13.5. The number of rotatable bonds is 14. The normalized spacial score (nSPS) is 11.1. The lowest BCUT2D eigenvalue weighted by Gasteiger charge is -2.18. The summed E-state index contributed by atoms with van der Waals surface area (Å²) in [6.45, 7) is 5.38. The van der Waals surface area contributed by atoms with E-state index in [2.05, 4.69) is 24.5 Å². The Balaban J connectivity index is 1.31. The van der Waals surface area contributed by atoms with Crippen LogP contribution in [0.2, 0.25) is 0 Å². The van der Waals surface area contributed by atoms with Crippen LogP contribution in [-0.4, -0.2) is 24.9 Å². The Morgan fingerprint density at radius 2 is 1.16 bits per heavy atom. The highest BCUT2D eigenvalue weighted by Crippen LogP contribution is 2.30. The van der Waals surface area contributed by atoms with E-state index in [0.717, 1.165) is 43.2 Å². The van der Waals surface area contributed by atoms with Crippen LogP contribution in [0.1, 0.15) is 91.3 Å². The van der Waals surface area contributed by atoms with Crippen LogP contribution in [0.3, 0.4) is 0 Å². The Kier molecular flexibility index (Phi) is 11.5. The fourth-order valence-corrected chi connectivity index (χ4v) is 4.44. The largest absolute Gasteiger partial charge is 0.356 e. The molecule has 3 rings (SSSR count). The predicted molar refractivity (Wildman–Crippen MR) is 148 cm³/mol. The van der Waals surface area contributed by atoms with Gasteiger partial charge in [0.1, 0.15) is 11.6 Å². The van der Waals surface area contributed by atoms with Crippen molar-refractivity contribution in [2.45, 2.75) is 64.2 Å². The lowest BCUT2D eigenvalue weighted by atomic mass is 9.87. The lowest BCUT2D eigenvalue weighted by Crippen LogP contribution is -2.27. The van der Waals surface area contributed by atoms with Gasteiger partial charge in [-0.2, -0.15) is 0 Å². The standard InChI is InChI=1S/C32H38F2N2O2/c1-23(2)24-9-11-27(12-10-24)32(38)36-22-6-5-21-35-31(37)8-4-3-7-30(25-13-17-28(33)18-14-25)26-15-19-29(34)20-16-26/h9-20,23,30H,3-8,21-22H2,1-2H3,(H,35,37)(H,36,38). The van der Waals surface area contributed by atoms with Crippen LogP contribution >= 0.6 is 0 Å². The Hall–Kier alpha value is -3.54. The maximum absolute atomic E-state index is 13.4. The van der Waals surface area contributed by atoms with Gasteiger partial charge in [0.15, 0.2) is 0 Å². The molecule has 0 saturated carbocycles. The number of amides is 2. The van der Waals surface area contributed by atoms with Crippen molar-refractivity contribution in [2.24, 2.45) is 0 Å². The zero-order valence-electron chi connectivity index (χ0n) is 22.3. The van der Waals surface area contributed by atoms with Crippen LogP contribution in [0.5, 0.6) is 0 Å². The third kappa shape index (κ3) is 9.40. The molecule has 0 radical (unpaired) electrons. The molecule has 0 bridgehead atoms. The molecule has 0 aliphatic rings. The van der Waals surface area contributed by atoms with E-state index in [1.807, 2.05) is 24.3 Å². The molecule has 38 heavy (non-hydrogen) atoms. The fraction of sp³-hybridized carbons (Fsp3) is 0.375. The number of halogens is 2. The minimum absolute atomic E-state index is 0.0133. The first-order chi connectivity index (χ1) is 18.3. The molecular weight excluding hydrogens is 482 g/mol. The number of carbonyl (C=O) groups excluding carboxylic acids is 2. The Morgan fingerprint density at radius 3 is 1.68 bits per heavy atom. The summed E-state index contributed by atoms with van der Waals surface area (Å²) < 4.78 is 26.8. The maximum Gasteiger partial charge on any atom is 0.251 e. The van der Waals surface area contributed by atoms with Gasteiger partial charge in [0.05, 0.1) is 0 Å². The molecule has 4 nitrogen and oxygen atoms in total. The van der Waals surface area contributed by atoms with E-state index < -0.39 is 0 Å². The topological polar surface area (TPSA) is 58.2 Å². The SMILES string of the molecule is CC(C)c1ccc(C(=O)NCCCCNC(=O)CCCCC(c2ccc(F)cc2)c2ccc(F)cc2)cc1. The van der Waals surface area contributed by atoms with Gasteiger partial charge < -0.3 is 10.6 Å². The quantitative estimate of drug-likeness (QED) is 0.223. The minimum Gasteiger partial charge on any atom is -0.356 e. The molecular formula is C32H38F2N2O2. The molecule has 0 atom stereocenters. The molecule has 2 N–H and O–H groups in total. The van der Waals surface area contributed by atoms with Crippen molar-refractivity contribution in [3.05, 3.63) is 107 Å². The smallest absolute Gasteiger partial charge is 0.251 e. The van der Waals surface area contributed by atoms with Crippen LogP contribution in [0.15, 0.2) is 72.8 Å². The Morgan fingerprint density at radius 1 is 0.658 bits per heavy atom.